The Bertz CT molecular complexity index is 2340. The van der Waals surface area contributed by atoms with Crippen LogP contribution < -0.4 is 0 Å². The van der Waals surface area contributed by atoms with E-state index in [0.29, 0.717) is 11.8 Å². The van der Waals surface area contributed by atoms with Crippen molar-refractivity contribution in [3.05, 3.63) is 155 Å². The maximum atomic E-state index is 2.67. The van der Waals surface area contributed by atoms with E-state index in [1.54, 1.807) is 61.5 Å². The number of benzene rings is 3. The topological polar surface area (TPSA) is 0 Å². The number of hydrogen-bond donors (Lipinski definition) is 0. The van der Waals surface area contributed by atoms with E-state index in [9.17, 15) is 0 Å². The minimum Gasteiger partial charge on any atom is -0.117 e. The Hall–Kier alpha value is 1.70. The predicted octanol–water partition coefficient (Wildman–Crippen LogP) is 22.4. The minimum absolute atomic E-state index is 0.295. The lowest BCUT2D eigenvalue weighted by Crippen LogP contribution is -2.28. The average molecular weight is 1190 g/mol. The summed E-state index contributed by atoms with van der Waals surface area (Å²) in [5, 5.41) is 0. The van der Waals surface area contributed by atoms with Crippen LogP contribution in [0, 0.1) is 0 Å². The number of hydrogen-bond acceptors (Lipinski definition) is 16. The second-order valence-electron chi connectivity index (χ2n) is 17.2. The largest absolute Gasteiger partial charge is 0.117 e. The van der Waals surface area contributed by atoms with Crippen LogP contribution in [-0.4, -0.2) is 23.0 Å². The summed E-state index contributed by atoms with van der Waals surface area (Å²) in [7, 11) is 0. The van der Waals surface area contributed by atoms with Crippen LogP contribution in [0.2, 0.25) is 0 Å². The molecular formula is C52H54S16. The Morgan fingerprint density at radius 2 is 0.618 bits per heavy atom. The van der Waals surface area contributed by atoms with Gasteiger partial charge < -0.3 is 0 Å². The molecular weight excluding hydrogens is 1140 g/mol. The summed E-state index contributed by atoms with van der Waals surface area (Å²) < 4.78 is 18.4. The van der Waals surface area contributed by atoms with Gasteiger partial charge >= 0.3 is 0 Å². The van der Waals surface area contributed by atoms with Crippen molar-refractivity contribution in [1.29, 1.82) is 0 Å². The molecule has 9 aliphatic rings. The normalized spacial score (nSPS) is 21.8. The molecule has 0 radical (unpaired) electrons. The summed E-state index contributed by atoms with van der Waals surface area (Å²) in [5.41, 5.74) is 15.5. The molecule has 68 heavy (non-hydrogen) atoms. The van der Waals surface area contributed by atoms with Gasteiger partial charge in [-0.05, 0) is 104 Å². The van der Waals surface area contributed by atoms with Gasteiger partial charge in [-0.3, -0.25) is 0 Å². The summed E-state index contributed by atoms with van der Waals surface area (Å²) in [4.78, 5) is 0. The van der Waals surface area contributed by atoms with E-state index in [2.05, 4.69) is 264 Å². The lowest BCUT2D eigenvalue weighted by Gasteiger charge is -2.43. The first-order valence-corrected chi connectivity index (χ1v) is 38.2. The van der Waals surface area contributed by atoms with Crippen LogP contribution in [0.5, 0.6) is 0 Å². The molecule has 6 heterocycles. The second kappa shape index (κ2) is 24.4. The van der Waals surface area contributed by atoms with Gasteiger partial charge in [0, 0.05) is 34.8 Å². The lowest BCUT2D eigenvalue weighted by molar-refractivity contribution is 0.748. The molecule has 0 fully saturated rings. The van der Waals surface area contributed by atoms with Gasteiger partial charge in [0.05, 0.1) is 50.8 Å². The highest BCUT2D eigenvalue weighted by Gasteiger charge is 2.43. The highest BCUT2D eigenvalue weighted by Crippen LogP contribution is 2.69. The molecule has 6 aliphatic heterocycles. The van der Waals surface area contributed by atoms with Crippen LogP contribution in [-0.2, 0) is 23.0 Å². The molecule has 12 rings (SSSR count). The van der Waals surface area contributed by atoms with Crippen LogP contribution in [0.25, 0.3) is 0 Å². The third kappa shape index (κ3) is 11.1. The third-order valence-electron chi connectivity index (χ3n) is 12.5. The van der Waals surface area contributed by atoms with Gasteiger partial charge in [0.25, 0.3) is 0 Å². The maximum absolute atomic E-state index is 2.67. The van der Waals surface area contributed by atoms with E-state index < -0.39 is 0 Å². The smallest absolute Gasteiger partial charge is 0.0717 e. The van der Waals surface area contributed by atoms with Crippen LogP contribution >= 0.6 is 188 Å². The van der Waals surface area contributed by atoms with Crippen molar-refractivity contribution >= 4 is 188 Å². The fourth-order valence-electron chi connectivity index (χ4n) is 8.97. The molecule has 3 aromatic carbocycles. The summed E-state index contributed by atoms with van der Waals surface area (Å²) >= 11 is 33.3. The third-order valence-corrected chi connectivity index (χ3v) is 36.2. The summed E-state index contributed by atoms with van der Waals surface area (Å²) in [6.07, 6.45) is 10.2. The molecule has 0 unspecified atom stereocenters. The van der Waals surface area contributed by atoms with Gasteiger partial charge in [-0.25, -0.2) is 0 Å². The lowest BCUT2D eigenvalue weighted by atomic mass is 9.60. The standard InChI is InChI=1S/C52H54S16/c1-5-9-17-53-41-42(54-18-10-6-2)62-49(61-41)51-65-45-46(66-51)58-26-30-22-36-35(21-29(30)25-57-45)39-33-15-13-14-16-34(33)40(36)38-24-32-28-60-48-47(59-27-31(32)23-37(38)39)67-52(68-48)50-63-43(55-19-11-7-3)44(64-50)56-20-12-8-4/h13-16,21-24,39-40H,5-12,17-20,25-28H2,1-4H3. The molecule has 0 nitrogen and oxygen atoms in total. The van der Waals surface area contributed by atoms with Crippen molar-refractivity contribution in [2.75, 3.05) is 23.0 Å². The summed E-state index contributed by atoms with van der Waals surface area (Å²) in [6.45, 7) is 9.25. The van der Waals surface area contributed by atoms with Gasteiger partial charge in [-0.15, -0.1) is 94.1 Å². The molecule has 3 aliphatic carbocycles. The molecule has 0 N–H and O–H groups in total. The summed E-state index contributed by atoms with van der Waals surface area (Å²) in [5.74, 6) is 9.71. The van der Waals surface area contributed by atoms with Gasteiger partial charge in [0.15, 0.2) is 0 Å². The Morgan fingerprint density at radius 1 is 0.353 bits per heavy atom. The zero-order valence-electron chi connectivity index (χ0n) is 38.6. The molecule has 0 amide bonds. The van der Waals surface area contributed by atoms with Crippen LogP contribution in [0.15, 0.2) is 99.4 Å². The van der Waals surface area contributed by atoms with Crippen molar-refractivity contribution in [3.8, 4) is 0 Å². The Labute approximate surface area is 474 Å². The molecule has 16 heteroatoms. The van der Waals surface area contributed by atoms with Crippen LogP contribution in [0.4, 0.5) is 0 Å². The number of rotatable bonds is 16. The Morgan fingerprint density at radius 3 is 0.882 bits per heavy atom. The molecule has 0 atom stereocenters. The van der Waals surface area contributed by atoms with Gasteiger partial charge in [-0.1, -0.05) is 196 Å². The Balaban J connectivity index is 0.815. The maximum Gasteiger partial charge on any atom is 0.0717 e. The van der Waals surface area contributed by atoms with E-state index >= 15 is 0 Å². The fourth-order valence-corrected chi connectivity index (χ4v) is 33.6. The zero-order chi connectivity index (χ0) is 46.1. The van der Waals surface area contributed by atoms with E-state index in [-0.39, 0.29) is 0 Å². The highest BCUT2D eigenvalue weighted by molar-refractivity contribution is 8.46. The molecule has 0 spiro atoms. The van der Waals surface area contributed by atoms with Crippen molar-refractivity contribution in [2.45, 2.75) is 114 Å². The SMILES string of the molecule is CCCCSC1=C(SCCCC)SC(=C2SC3=C(SCc4cc5c(cc4CS3)C3c4ccccc4C5c4cc5c(cc43)CSC3=C(SC5)SC(=C4SC(SCCCC)=C(SCCCC)S4)S3)S2)S1. The van der Waals surface area contributed by atoms with Gasteiger partial charge in [0.2, 0.25) is 0 Å². The summed E-state index contributed by atoms with van der Waals surface area (Å²) in [6, 6.07) is 20.2. The van der Waals surface area contributed by atoms with Gasteiger partial charge in [0.1, 0.15) is 0 Å². The van der Waals surface area contributed by atoms with Crippen molar-refractivity contribution < 1.29 is 0 Å². The highest BCUT2D eigenvalue weighted by atomic mass is 32.3. The zero-order valence-corrected chi connectivity index (χ0v) is 51.7. The molecule has 2 bridgehead atoms. The molecule has 0 saturated heterocycles. The van der Waals surface area contributed by atoms with E-state index in [1.165, 1.54) is 119 Å². The molecule has 0 saturated carbocycles. The monoisotopic (exact) mass is 1190 g/mol. The van der Waals surface area contributed by atoms with E-state index in [0.717, 1.165) is 23.0 Å². The molecule has 0 aromatic heterocycles. The number of fused-ring (bicyclic) bond motifs is 2. The van der Waals surface area contributed by atoms with Crippen LogP contribution in [0.1, 0.15) is 147 Å². The number of thioether (sulfide) groups is 16. The predicted molar refractivity (Wildman–Crippen MR) is 339 cm³/mol. The van der Waals surface area contributed by atoms with E-state index in [4.69, 9.17) is 0 Å². The Kier molecular flexibility index (Phi) is 18.5. The first-order valence-electron chi connectivity index (χ1n) is 23.8. The van der Waals surface area contributed by atoms with Crippen molar-refractivity contribution in [3.63, 3.8) is 0 Å². The second-order valence-corrected chi connectivity index (χ2v) is 36.9. The minimum atomic E-state index is 0.295. The molecule has 3 aromatic rings. The van der Waals surface area contributed by atoms with Crippen molar-refractivity contribution in [1.82, 2.24) is 0 Å². The van der Waals surface area contributed by atoms with Crippen molar-refractivity contribution in [2.24, 2.45) is 0 Å². The number of unbranched alkanes of at least 4 members (excludes halogenated alkanes) is 4. The quantitative estimate of drug-likeness (QED) is 0.0860. The molecule has 358 valence electrons. The first kappa shape index (κ1) is 51.8. The first-order chi connectivity index (χ1) is 33.5. The average Bonchev–Trinajstić information content (AvgIpc) is 4.15. The van der Waals surface area contributed by atoms with Gasteiger partial charge in [-0.2, -0.15) is 0 Å². The van der Waals surface area contributed by atoms with Crippen LogP contribution in [0.3, 0.4) is 0 Å². The van der Waals surface area contributed by atoms with E-state index in [1.807, 2.05) is 0 Å². The fraction of sp³-hybridized carbons (Fsp3) is 0.423.